The minimum absolute atomic E-state index is 0.0563. The molecular formula is C13H15NO4. The number of aliphatic hydroxyl groups excluding tert-OH is 1. The summed E-state index contributed by atoms with van der Waals surface area (Å²) in [6, 6.07) is 6.69. The van der Waals surface area contributed by atoms with E-state index in [4.69, 9.17) is 10.2 Å². The predicted molar refractivity (Wildman–Crippen MR) is 64.0 cm³/mol. The van der Waals surface area contributed by atoms with Crippen molar-refractivity contribution in [3.05, 3.63) is 35.4 Å². The zero-order valence-corrected chi connectivity index (χ0v) is 9.87. The molecule has 18 heavy (non-hydrogen) atoms. The molecule has 0 saturated carbocycles. The molecule has 1 atom stereocenters. The molecule has 2 rings (SSSR count). The molecule has 1 aliphatic heterocycles. The highest BCUT2D eigenvalue weighted by Crippen LogP contribution is 2.19. The van der Waals surface area contributed by atoms with Crippen LogP contribution in [0.2, 0.25) is 0 Å². The number of hydrogen-bond donors (Lipinski definition) is 2. The lowest BCUT2D eigenvalue weighted by Crippen LogP contribution is -2.29. The molecule has 0 bridgehead atoms. The number of aliphatic carboxylic acids is 1. The Morgan fingerprint density at radius 1 is 1.28 bits per heavy atom. The van der Waals surface area contributed by atoms with E-state index in [0.29, 0.717) is 18.5 Å². The molecule has 1 amide bonds. The van der Waals surface area contributed by atoms with Crippen LogP contribution in [0.5, 0.6) is 0 Å². The lowest BCUT2D eigenvalue weighted by Gasteiger charge is -2.15. The van der Waals surface area contributed by atoms with Gasteiger partial charge in [-0.3, -0.25) is 9.59 Å². The monoisotopic (exact) mass is 249 g/mol. The van der Waals surface area contributed by atoms with E-state index >= 15 is 0 Å². The van der Waals surface area contributed by atoms with Crippen LogP contribution in [0.3, 0.4) is 0 Å². The lowest BCUT2D eigenvalue weighted by molar-refractivity contribution is -0.141. The maximum atomic E-state index is 12.1. The molecule has 0 radical (unpaired) electrons. The Kier molecular flexibility index (Phi) is 3.62. The number of carbonyl (C=O) groups is 2. The minimum Gasteiger partial charge on any atom is -0.481 e. The van der Waals surface area contributed by atoms with Crippen molar-refractivity contribution in [1.82, 2.24) is 4.90 Å². The van der Waals surface area contributed by atoms with E-state index in [1.54, 1.807) is 29.2 Å². The number of likely N-dealkylation sites (tertiary alicyclic amines) is 1. The molecule has 1 aromatic carbocycles. The molecule has 1 aliphatic rings. The summed E-state index contributed by atoms with van der Waals surface area (Å²) in [5.74, 6) is -1.45. The number of nitrogens with zero attached hydrogens (tertiary/aromatic N) is 1. The summed E-state index contributed by atoms with van der Waals surface area (Å²) >= 11 is 0. The third-order valence-electron chi connectivity index (χ3n) is 3.21. The Balaban J connectivity index is 2.05. The van der Waals surface area contributed by atoms with Gasteiger partial charge in [0.1, 0.15) is 0 Å². The highest BCUT2D eigenvalue weighted by Gasteiger charge is 2.31. The van der Waals surface area contributed by atoms with E-state index < -0.39 is 11.9 Å². The second-order valence-corrected chi connectivity index (χ2v) is 4.43. The summed E-state index contributed by atoms with van der Waals surface area (Å²) < 4.78 is 0. The van der Waals surface area contributed by atoms with E-state index in [9.17, 15) is 9.59 Å². The normalized spacial score (nSPS) is 18.9. The standard InChI is InChI=1S/C13H15NO4/c15-8-9-1-3-10(4-2-9)12(16)14-6-5-11(7-14)13(17)18/h1-4,11,15H,5-8H2,(H,17,18). The van der Waals surface area contributed by atoms with Crippen LogP contribution in [0.4, 0.5) is 0 Å². The molecule has 1 heterocycles. The second kappa shape index (κ2) is 5.18. The first kappa shape index (κ1) is 12.6. The fourth-order valence-corrected chi connectivity index (χ4v) is 2.08. The van der Waals surface area contributed by atoms with Crippen molar-refractivity contribution >= 4 is 11.9 Å². The zero-order chi connectivity index (χ0) is 13.1. The first-order valence-corrected chi connectivity index (χ1v) is 5.83. The number of carboxylic acid groups (broad SMARTS) is 1. The van der Waals surface area contributed by atoms with Crippen molar-refractivity contribution in [2.24, 2.45) is 5.92 Å². The van der Waals surface area contributed by atoms with Gasteiger partial charge in [0.2, 0.25) is 0 Å². The molecular weight excluding hydrogens is 234 g/mol. The van der Waals surface area contributed by atoms with Crippen LogP contribution < -0.4 is 0 Å². The lowest BCUT2D eigenvalue weighted by atomic mass is 10.1. The molecule has 5 heteroatoms. The van der Waals surface area contributed by atoms with Gasteiger partial charge >= 0.3 is 5.97 Å². The first-order valence-electron chi connectivity index (χ1n) is 5.83. The average Bonchev–Trinajstić information content (AvgIpc) is 2.88. The van der Waals surface area contributed by atoms with Crippen LogP contribution in [-0.2, 0) is 11.4 Å². The average molecular weight is 249 g/mol. The predicted octanol–water partition coefficient (Wildman–Crippen LogP) is 0.726. The Morgan fingerprint density at radius 3 is 2.44 bits per heavy atom. The van der Waals surface area contributed by atoms with Crippen LogP contribution in [0.25, 0.3) is 0 Å². The number of carbonyl (C=O) groups excluding carboxylic acids is 1. The molecule has 0 aliphatic carbocycles. The zero-order valence-electron chi connectivity index (χ0n) is 9.87. The van der Waals surface area contributed by atoms with Crippen LogP contribution >= 0.6 is 0 Å². The fraction of sp³-hybridized carbons (Fsp3) is 0.385. The van der Waals surface area contributed by atoms with Gasteiger partial charge in [0.05, 0.1) is 12.5 Å². The van der Waals surface area contributed by atoms with Gasteiger partial charge in [-0.05, 0) is 24.1 Å². The van der Waals surface area contributed by atoms with Gasteiger partial charge in [-0.2, -0.15) is 0 Å². The van der Waals surface area contributed by atoms with E-state index in [1.807, 2.05) is 0 Å². The molecule has 1 unspecified atom stereocenters. The summed E-state index contributed by atoms with van der Waals surface area (Å²) in [6.45, 7) is 0.701. The summed E-state index contributed by atoms with van der Waals surface area (Å²) in [5, 5.41) is 17.8. The van der Waals surface area contributed by atoms with Crippen molar-refractivity contribution in [3.63, 3.8) is 0 Å². The van der Waals surface area contributed by atoms with Crippen LogP contribution in [0.15, 0.2) is 24.3 Å². The van der Waals surface area contributed by atoms with Crippen molar-refractivity contribution in [3.8, 4) is 0 Å². The van der Waals surface area contributed by atoms with E-state index in [1.165, 1.54) is 0 Å². The summed E-state index contributed by atoms with van der Waals surface area (Å²) in [7, 11) is 0. The van der Waals surface area contributed by atoms with Crippen molar-refractivity contribution in [2.75, 3.05) is 13.1 Å². The number of carboxylic acids is 1. The Morgan fingerprint density at radius 2 is 1.94 bits per heavy atom. The molecule has 2 N–H and O–H groups in total. The van der Waals surface area contributed by atoms with Gasteiger partial charge in [0.15, 0.2) is 0 Å². The first-order chi connectivity index (χ1) is 8.61. The number of rotatable bonds is 3. The SMILES string of the molecule is O=C(O)C1CCN(C(=O)c2ccc(CO)cc2)C1. The minimum atomic E-state index is -0.846. The van der Waals surface area contributed by atoms with Gasteiger partial charge in [-0.1, -0.05) is 12.1 Å². The number of aliphatic hydroxyl groups is 1. The summed E-state index contributed by atoms with van der Waals surface area (Å²) in [4.78, 5) is 24.5. The third kappa shape index (κ3) is 2.51. The van der Waals surface area contributed by atoms with E-state index in [2.05, 4.69) is 0 Å². The second-order valence-electron chi connectivity index (χ2n) is 4.43. The van der Waals surface area contributed by atoms with Crippen LogP contribution in [0, 0.1) is 5.92 Å². The highest BCUT2D eigenvalue weighted by atomic mass is 16.4. The summed E-state index contributed by atoms with van der Waals surface area (Å²) in [6.07, 6.45) is 0.510. The summed E-state index contributed by atoms with van der Waals surface area (Å²) in [5.41, 5.74) is 1.27. The molecule has 1 aromatic rings. The highest BCUT2D eigenvalue weighted by molar-refractivity contribution is 5.94. The van der Waals surface area contributed by atoms with Gasteiger partial charge in [0.25, 0.3) is 5.91 Å². The van der Waals surface area contributed by atoms with Gasteiger partial charge in [-0.25, -0.2) is 0 Å². The number of hydrogen-bond acceptors (Lipinski definition) is 3. The van der Waals surface area contributed by atoms with E-state index in [-0.39, 0.29) is 19.1 Å². The largest absolute Gasteiger partial charge is 0.481 e. The molecule has 1 fully saturated rings. The fourth-order valence-electron chi connectivity index (χ4n) is 2.08. The van der Waals surface area contributed by atoms with Crippen molar-refractivity contribution in [2.45, 2.75) is 13.0 Å². The van der Waals surface area contributed by atoms with Crippen molar-refractivity contribution in [1.29, 1.82) is 0 Å². The van der Waals surface area contributed by atoms with Gasteiger partial charge in [-0.15, -0.1) is 0 Å². The maximum absolute atomic E-state index is 12.1. The van der Waals surface area contributed by atoms with Crippen molar-refractivity contribution < 1.29 is 19.8 Å². The third-order valence-corrected chi connectivity index (χ3v) is 3.21. The number of benzene rings is 1. The molecule has 96 valence electrons. The maximum Gasteiger partial charge on any atom is 0.308 e. The smallest absolute Gasteiger partial charge is 0.308 e. The Labute approximate surface area is 105 Å². The van der Waals surface area contributed by atoms with E-state index in [0.717, 1.165) is 5.56 Å². The van der Waals surface area contributed by atoms with Crippen LogP contribution in [0.1, 0.15) is 22.3 Å². The topological polar surface area (TPSA) is 77.8 Å². The molecule has 0 aromatic heterocycles. The Hall–Kier alpha value is -1.88. The number of amides is 1. The molecule has 5 nitrogen and oxygen atoms in total. The van der Waals surface area contributed by atoms with Crippen LogP contribution in [-0.4, -0.2) is 40.1 Å². The molecule has 1 saturated heterocycles. The van der Waals surface area contributed by atoms with Gasteiger partial charge in [0, 0.05) is 18.7 Å². The molecule has 0 spiro atoms. The van der Waals surface area contributed by atoms with Gasteiger partial charge < -0.3 is 15.1 Å². The quantitative estimate of drug-likeness (QED) is 0.827. The Bertz CT molecular complexity index is 455.